The molecule has 6 heteroatoms. The van der Waals surface area contributed by atoms with Crippen molar-refractivity contribution in [1.29, 1.82) is 0 Å². The zero-order valence-corrected chi connectivity index (χ0v) is 17.8. The Kier molecular flexibility index (Phi) is 6.57. The first-order valence-electron chi connectivity index (χ1n) is 9.80. The Morgan fingerprint density at radius 3 is 2.07 bits per heavy atom. The highest BCUT2D eigenvalue weighted by Crippen LogP contribution is 2.24. The summed E-state index contributed by atoms with van der Waals surface area (Å²) in [5.41, 5.74) is 3.36. The molecule has 0 fully saturated rings. The van der Waals surface area contributed by atoms with E-state index in [1.54, 1.807) is 48.5 Å². The Balaban J connectivity index is 1.81. The van der Waals surface area contributed by atoms with Gasteiger partial charge in [0.2, 0.25) is 0 Å². The Morgan fingerprint density at radius 2 is 1.43 bits per heavy atom. The summed E-state index contributed by atoms with van der Waals surface area (Å²) in [6.07, 6.45) is 1.000. The molecule has 3 aromatic carbocycles. The van der Waals surface area contributed by atoms with Crippen LogP contribution in [0.25, 0.3) is 0 Å². The van der Waals surface area contributed by atoms with Crippen molar-refractivity contribution in [2.45, 2.75) is 37.5 Å². The normalized spacial score (nSPS) is 11.4. The van der Waals surface area contributed by atoms with Crippen LogP contribution in [0.1, 0.15) is 46.8 Å². The van der Waals surface area contributed by atoms with Crippen LogP contribution >= 0.6 is 0 Å². The van der Waals surface area contributed by atoms with Crippen molar-refractivity contribution >= 4 is 21.7 Å². The number of hydrogen-bond donors (Lipinski definition) is 2. The summed E-state index contributed by atoms with van der Waals surface area (Å²) in [6, 6.07) is 20.9. The van der Waals surface area contributed by atoms with Crippen LogP contribution in [0.15, 0.2) is 77.7 Å². The van der Waals surface area contributed by atoms with Crippen LogP contribution in [-0.2, 0) is 22.9 Å². The van der Waals surface area contributed by atoms with Gasteiger partial charge in [-0.3, -0.25) is 4.72 Å². The highest BCUT2D eigenvalue weighted by atomic mass is 32.2. The van der Waals surface area contributed by atoms with E-state index < -0.39 is 16.0 Å². The molecule has 5 nitrogen and oxygen atoms in total. The summed E-state index contributed by atoms with van der Waals surface area (Å²) in [4.78, 5) is 11.6. The highest BCUT2D eigenvalue weighted by molar-refractivity contribution is 7.92. The van der Waals surface area contributed by atoms with Gasteiger partial charge in [0.15, 0.2) is 0 Å². The third kappa shape index (κ3) is 5.07. The molecule has 0 aromatic heterocycles. The van der Waals surface area contributed by atoms with Crippen LogP contribution in [0.3, 0.4) is 0 Å². The number of aryl methyl sites for hydroxylation is 2. The number of anilines is 1. The predicted molar refractivity (Wildman–Crippen MR) is 119 cm³/mol. The maximum atomic E-state index is 12.9. The Hall–Kier alpha value is -3.12. The van der Waals surface area contributed by atoms with Crippen molar-refractivity contribution in [3.8, 4) is 0 Å². The summed E-state index contributed by atoms with van der Waals surface area (Å²) in [5, 5.41) is 9.36. The number of hydrogen-bond acceptors (Lipinski definition) is 3. The molecule has 0 bridgehead atoms. The molecule has 0 atom stereocenters. The Bertz CT molecular complexity index is 1140. The van der Waals surface area contributed by atoms with Crippen molar-refractivity contribution in [3.05, 3.63) is 95.1 Å². The van der Waals surface area contributed by atoms with Crippen LogP contribution in [0.5, 0.6) is 0 Å². The van der Waals surface area contributed by atoms with E-state index in [9.17, 15) is 18.3 Å². The highest BCUT2D eigenvalue weighted by Gasteiger charge is 2.17. The first-order valence-corrected chi connectivity index (χ1v) is 11.3. The number of carbonyl (C=O) groups is 1. The SMILES string of the molecule is CC(C)c1ccc(S(=O)(=O)Nc2ccccc2CCc2ccccc2C(=O)O)cc1. The minimum absolute atomic E-state index is 0.206. The fourth-order valence-electron chi connectivity index (χ4n) is 3.29. The molecule has 0 aliphatic carbocycles. The topological polar surface area (TPSA) is 83.5 Å². The summed E-state index contributed by atoms with van der Waals surface area (Å²) in [5.74, 6) is -0.645. The molecule has 0 unspecified atom stereocenters. The van der Waals surface area contributed by atoms with E-state index in [0.717, 1.165) is 11.1 Å². The van der Waals surface area contributed by atoms with E-state index in [2.05, 4.69) is 18.6 Å². The Labute approximate surface area is 177 Å². The number of para-hydroxylation sites is 1. The number of nitrogens with one attached hydrogen (secondary N) is 1. The lowest BCUT2D eigenvalue weighted by Gasteiger charge is -2.14. The van der Waals surface area contributed by atoms with Crippen molar-refractivity contribution < 1.29 is 18.3 Å². The smallest absolute Gasteiger partial charge is 0.335 e. The van der Waals surface area contributed by atoms with Crippen molar-refractivity contribution in [3.63, 3.8) is 0 Å². The van der Waals surface area contributed by atoms with Gasteiger partial charge >= 0.3 is 5.97 Å². The number of carboxylic acids is 1. The lowest BCUT2D eigenvalue weighted by molar-refractivity contribution is 0.0695. The van der Waals surface area contributed by atoms with Gasteiger partial charge in [-0.25, -0.2) is 13.2 Å². The lowest BCUT2D eigenvalue weighted by Crippen LogP contribution is -2.14. The van der Waals surface area contributed by atoms with Gasteiger partial charge in [0.05, 0.1) is 16.1 Å². The van der Waals surface area contributed by atoms with Gasteiger partial charge in [-0.15, -0.1) is 0 Å². The second kappa shape index (κ2) is 9.13. The van der Waals surface area contributed by atoms with Gasteiger partial charge < -0.3 is 5.11 Å². The molecule has 156 valence electrons. The molecule has 0 saturated heterocycles. The van der Waals surface area contributed by atoms with E-state index in [0.29, 0.717) is 30.0 Å². The van der Waals surface area contributed by atoms with Crippen LogP contribution in [0.4, 0.5) is 5.69 Å². The molecule has 30 heavy (non-hydrogen) atoms. The van der Waals surface area contributed by atoms with Gasteiger partial charge in [0.1, 0.15) is 0 Å². The minimum atomic E-state index is -3.73. The molecule has 0 spiro atoms. The first kappa shape index (κ1) is 21.6. The number of carboxylic acid groups (broad SMARTS) is 1. The third-order valence-corrected chi connectivity index (χ3v) is 6.41. The molecule has 2 N–H and O–H groups in total. The quantitative estimate of drug-likeness (QED) is 0.528. The standard InChI is InChI=1S/C24H25NO4S/c1-17(2)18-13-15-21(16-14-18)30(28,29)25-23-10-6-4-8-20(23)12-11-19-7-3-5-9-22(19)24(26)27/h3-10,13-17,25H,11-12H2,1-2H3,(H,26,27). The first-order chi connectivity index (χ1) is 14.3. The predicted octanol–water partition coefficient (Wildman–Crippen LogP) is 5.09. The summed E-state index contributed by atoms with van der Waals surface area (Å²) in [6.45, 7) is 4.11. The molecule has 3 rings (SSSR count). The lowest BCUT2D eigenvalue weighted by atomic mass is 9.99. The zero-order valence-electron chi connectivity index (χ0n) is 17.0. The summed E-state index contributed by atoms with van der Waals surface area (Å²) >= 11 is 0. The molecule has 3 aromatic rings. The van der Waals surface area contributed by atoms with E-state index in [1.807, 2.05) is 24.3 Å². The van der Waals surface area contributed by atoms with Crippen LogP contribution in [0.2, 0.25) is 0 Å². The largest absolute Gasteiger partial charge is 0.478 e. The summed E-state index contributed by atoms with van der Waals surface area (Å²) in [7, 11) is -3.73. The second-order valence-corrected chi connectivity index (χ2v) is 9.13. The monoisotopic (exact) mass is 423 g/mol. The molecule has 0 amide bonds. The van der Waals surface area contributed by atoms with Crippen LogP contribution < -0.4 is 4.72 Å². The molecule has 0 saturated carbocycles. The summed E-state index contributed by atoms with van der Waals surface area (Å²) < 4.78 is 28.4. The fourth-order valence-corrected chi connectivity index (χ4v) is 4.39. The third-order valence-electron chi connectivity index (χ3n) is 5.03. The van der Waals surface area contributed by atoms with Gasteiger partial charge in [-0.05, 0) is 59.7 Å². The fraction of sp³-hybridized carbons (Fsp3) is 0.208. The van der Waals surface area contributed by atoms with E-state index in [4.69, 9.17) is 0 Å². The number of rotatable bonds is 8. The minimum Gasteiger partial charge on any atom is -0.478 e. The van der Waals surface area contributed by atoms with Crippen molar-refractivity contribution in [1.82, 2.24) is 0 Å². The maximum absolute atomic E-state index is 12.9. The van der Waals surface area contributed by atoms with E-state index in [-0.39, 0.29) is 10.5 Å². The molecule has 0 aliphatic heterocycles. The van der Waals surface area contributed by atoms with Crippen LogP contribution in [-0.4, -0.2) is 19.5 Å². The number of sulfonamides is 1. The van der Waals surface area contributed by atoms with E-state index in [1.165, 1.54) is 0 Å². The van der Waals surface area contributed by atoms with Crippen molar-refractivity contribution in [2.75, 3.05) is 4.72 Å². The average Bonchev–Trinajstić information content (AvgIpc) is 2.73. The number of aromatic carboxylic acids is 1. The molecule has 0 heterocycles. The van der Waals surface area contributed by atoms with Crippen molar-refractivity contribution in [2.24, 2.45) is 0 Å². The zero-order chi connectivity index (χ0) is 21.7. The van der Waals surface area contributed by atoms with Gasteiger partial charge in [-0.2, -0.15) is 0 Å². The van der Waals surface area contributed by atoms with Gasteiger partial charge in [0, 0.05) is 0 Å². The molecule has 0 radical (unpaired) electrons. The maximum Gasteiger partial charge on any atom is 0.335 e. The molecular weight excluding hydrogens is 398 g/mol. The van der Waals surface area contributed by atoms with E-state index >= 15 is 0 Å². The van der Waals surface area contributed by atoms with Crippen LogP contribution in [0, 0.1) is 0 Å². The Morgan fingerprint density at radius 1 is 0.867 bits per heavy atom. The second-order valence-electron chi connectivity index (χ2n) is 7.45. The average molecular weight is 424 g/mol. The molecule has 0 aliphatic rings. The van der Waals surface area contributed by atoms with Gasteiger partial charge in [0.25, 0.3) is 10.0 Å². The molecular formula is C24H25NO4S. The van der Waals surface area contributed by atoms with Gasteiger partial charge in [-0.1, -0.05) is 62.4 Å². The number of benzene rings is 3.